The summed E-state index contributed by atoms with van der Waals surface area (Å²) in [6.07, 6.45) is 0.884. The van der Waals surface area contributed by atoms with Crippen LogP contribution in [0.1, 0.15) is 13.3 Å². The maximum Gasteiger partial charge on any atom is 0.201 e. The van der Waals surface area contributed by atoms with E-state index in [2.05, 4.69) is 0 Å². The molecule has 0 radical (unpaired) electrons. The van der Waals surface area contributed by atoms with E-state index in [0.717, 1.165) is 6.42 Å². The van der Waals surface area contributed by atoms with E-state index in [1.165, 1.54) is 19.2 Å². The van der Waals surface area contributed by atoms with Crippen molar-refractivity contribution in [3.63, 3.8) is 0 Å². The molecule has 0 N–H and O–H groups in total. The number of rotatable bonds is 5. The molecule has 0 saturated carbocycles. The van der Waals surface area contributed by atoms with Crippen molar-refractivity contribution in [3.05, 3.63) is 59.9 Å². The van der Waals surface area contributed by atoms with E-state index in [9.17, 15) is 13.2 Å². The lowest BCUT2D eigenvalue weighted by Gasteiger charge is -2.11. The van der Waals surface area contributed by atoms with Gasteiger partial charge in [0.2, 0.25) is 5.82 Å². The average Bonchev–Trinajstić information content (AvgIpc) is 2.63. The van der Waals surface area contributed by atoms with Gasteiger partial charge in [0.25, 0.3) is 0 Å². The van der Waals surface area contributed by atoms with E-state index in [-0.39, 0.29) is 22.1 Å². The Morgan fingerprint density at radius 1 is 0.880 bits per heavy atom. The van der Waals surface area contributed by atoms with Crippen molar-refractivity contribution in [2.75, 3.05) is 13.7 Å². The Bertz CT molecular complexity index is 905. The van der Waals surface area contributed by atoms with Gasteiger partial charge in [-0.15, -0.1) is 0 Å². The van der Waals surface area contributed by atoms with Gasteiger partial charge in [0, 0.05) is 5.56 Å². The van der Waals surface area contributed by atoms with E-state index < -0.39 is 17.5 Å². The van der Waals surface area contributed by atoms with Crippen LogP contribution in [0.15, 0.2) is 42.5 Å². The number of benzene rings is 3. The minimum Gasteiger partial charge on any atom is -0.494 e. The number of methoxy groups -OCH3 is 1. The van der Waals surface area contributed by atoms with Crippen molar-refractivity contribution in [2.45, 2.75) is 13.3 Å². The first kappa shape index (κ1) is 17.1. The molecule has 3 aromatic rings. The molecule has 3 aromatic carbocycles. The van der Waals surface area contributed by atoms with Crippen molar-refractivity contribution < 1.29 is 22.6 Å². The van der Waals surface area contributed by atoms with Gasteiger partial charge in [-0.1, -0.05) is 31.2 Å². The molecule has 0 heterocycles. The van der Waals surface area contributed by atoms with Crippen LogP contribution in [0, 0.1) is 17.5 Å². The van der Waals surface area contributed by atoms with Crippen molar-refractivity contribution in [1.82, 2.24) is 0 Å². The lowest BCUT2D eigenvalue weighted by molar-refractivity contribution is 0.317. The third-order valence-electron chi connectivity index (χ3n) is 3.95. The molecule has 0 aliphatic rings. The van der Waals surface area contributed by atoms with Gasteiger partial charge in [0.1, 0.15) is 11.6 Å². The first-order valence-electron chi connectivity index (χ1n) is 7.94. The van der Waals surface area contributed by atoms with Crippen molar-refractivity contribution in [3.8, 4) is 22.6 Å². The van der Waals surface area contributed by atoms with Crippen molar-refractivity contribution >= 4 is 10.8 Å². The Balaban J connectivity index is 2.08. The van der Waals surface area contributed by atoms with E-state index in [4.69, 9.17) is 9.47 Å². The molecule has 2 nitrogen and oxygen atoms in total. The zero-order chi connectivity index (χ0) is 18.0. The first-order chi connectivity index (χ1) is 12.1. The largest absolute Gasteiger partial charge is 0.494 e. The van der Waals surface area contributed by atoms with Gasteiger partial charge in [-0.05, 0) is 35.6 Å². The zero-order valence-corrected chi connectivity index (χ0v) is 13.9. The summed E-state index contributed by atoms with van der Waals surface area (Å²) >= 11 is 0. The van der Waals surface area contributed by atoms with Gasteiger partial charge in [-0.3, -0.25) is 0 Å². The summed E-state index contributed by atoms with van der Waals surface area (Å²) in [7, 11) is 1.23. The fourth-order valence-electron chi connectivity index (χ4n) is 2.68. The zero-order valence-electron chi connectivity index (χ0n) is 13.9. The molecule has 25 heavy (non-hydrogen) atoms. The second-order valence-corrected chi connectivity index (χ2v) is 5.60. The van der Waals surface area contributed by atoms with Gasteiger partial charge in [-0.25, -0.2) is 8.78 Å². The summed E-state index contributed by atoms with van der Waals surface area (Å²) in [5, 5.41) is -0.151. The summed E-state index contributed by atoms with van der Waals surface area (Å²) in [6.45, 7) is 2.59. The summed E-state index contributed by atoms with van der Waals surface area (Å²) in [5.41, 5.74) is 0.747. The minimum atomic E-state index is -1.25. The number of ether oxygens (including phenoxy) is 2. The Morgan fingerprint density at radius 2 is 1.60 bits per heavy atom. The average molecular weight is 346 g/mol. The Labute approximate surface area is 143 Å². The van der Waals surface area contributed by atoms with E-state index in [0.29, 0.717) is 17.9 Å². The topological polar surface area (TPSA) is 18.5 Å². The van der Waals surface area contributed by atoms with Crippen LogP contribution in [-0.2, 0) is 0 Å². The summed E-state index contributed by atoms with van der Waals surface area (Å²) in [4.78, 5) is 0. The fraction of sp³-hybridized carbons (Fsp3) is 0.200. The summed E-state index contributed by atoms with van der Waals surface area (Å²) in [6, 6.07) is 11.2. The maximum atomic E-state index is 14.9. The highest BCUT2D eigenvalue weighted by atomic mass is 19.2. The van der Waals surface area contributed by atoms with Crippen LogP contribution in [0.4, 0.5) is 13.2 Å². The quantitative estimate of drug-likeness (QED) is 0.588. The minimum absolute atomic E-state index is 0.193. The van der Waals surface area contributed by atoms with Crippen LogP contribution in [0.5, 0.6) is 11.5 Å². The van der Waals surface area contributed by atoms with Crippen LogP contribution in [-0.4, -0.2) is 13.7 Å². The van der Waals surface area contributed by atoms with Crippen LogP contribution in [0.25, 0.3) is 21.9 Å². The number of fused-ring (bicyclic) bond motifs is 1. The van der Waals surface area contributed by atoms with E-state index in [1.54, 1.807) is 30.3 Å². The molecule has 0 amide bonds. The van der Waals surface area contributed by atoms with Crippen molar-refractivity contribution in [2.24, 2.45) is 0 Å². The third kappa shape index (κ3) is 3.14. The smallest absolute Gasteiger partial charge is 0.201 e. The van der Waals surface area contributed by atoms with Gasteiger partial charge in [0.05, 0.1) is 19.1 Å². The highest BCUT2D eigenvalue weighted by Gasteiger charge is 2.19. The number of halogens is 3. The molecule has 0 aromatic heterocycles. The molecule has 3 rings (SSSR count). The normalized spacial score (nSPS) is 10.9. The monoisotopic (exact) mass is 346 g/mol. The standard InChI is InChI=1S/C20H17F3O2/c1-3-10-25-14-7-4-12(5-8-14)15-9-6-13-11-16(24-2)19(22)20(23)17(13)18(15)21/h4-9,11H,3,10H2,1-2H3. The lowest BCUT2D eigenvalue weighted by atomic mass is 9.99. The lowest BCUT2D eigenvalue weighted by Crippen LogP contribution is -1.97. The molecule has 0 atom stereocenters. The van der Waals surface area contributed by atoms with Gasteiger partial charge >= 0.3 is 0 Å². The molecule has 5 heteroatoms. The van der Waals surface area contributed by atoms with Gasteiger partial charge < -0.3 is 9.47 Å². The number of hydrogen-bond acceptors (Lipinski definition) is 2. The molecule has 0 saturated heterocycles. The van der Waals surface area contributed by atoms with Crippen LogP contribution in [0.3, 0.4) is 0 Å². The van der Waals surface area contributed by atoms with E-state index >= 15 is 0 Å². The molecule has 0 fully saturated rings. The molecule has 0 aliphatic heterocycles. The second-order valence-electron chi connectivity index (χ2n) is 5.60. The molecule has 130 valence electrons. The highest BCUT2D eigenvalue weighted by Crippen LogP contribution is 2.35. The molecule has 0 unspecified atom stereocenters. The summed E-state index contributed by atoms with van der Waals surface area (Å²) in [5.74, 6) is -2.84. The van der Waals surface area contributed by atoms with Crippen molar-refractivity contribution in [1.29, 1.82) is 0 Å². The van der Waals surface area contributed by atoms with E-state index in [1.807, 2.05) is 6.92 Å². The Kier molecular flexibility index (Phi) is 4.83. The number of hydrogen-bond donors (Lipinski definition) is 0. The fourth-order valence-corrected chi connectivity index (χ4v) is 2.68. The van der Waals surface area contributed by atoms with Gasteiger partial charge in [-0.2, -0.15) is 4.39 Å². The third-order valence-corrected chi connectivity index (χ3v) is 3.95. The first-order valence-corrected chi connectivity index (χ1v) is 7.94. The predicted molar refractivity (Wildman–Crippen MR) is 91.6 cm³/mol. The summed E-state index contributed by atoms with van der Waals surface area (Å²) < 4.78 is 53.4. The Morgan fingerprint density at radius 3 is 2.24 bits per heavy atom. The predicted octanol–water partition coefficient (Wildman–Crippen LogP) is 5.72. The molecule has 0 bridgehead atoms. The Hall–Kier alpha value is -2.69. The van der Waals surface area contributed by atoms with Gasteiger partial charge in [0.15, 0.2) is 11.6 Å². The van der Waals surface area contributed by atoms with Crippen LogP contribution < -0.4 is 9.47 Å². The maximum absolute atomic E-state index is 14.9. The highest BCUT2D eigenvalue weighted by molar-refractivity contribution is 5.90. The second kappa shape index (κ2) is 7.05. The van der Waals surface area contributed by atoms with Crippen LogP contribution >= 0.6 is 0 Å². The molecule has 0 spiro atoms. The van der Waals surface area contributed by atoms with Crippen LogP contribution in [0.2, 0.25) is 0 Å². The molecular weight excluding hydrogens is 329 g/mol. The molecule has 0 aliphatic carbocycles. The molecular formula is C20H17F3O2. The SMILES string of the molecule is CCCOc1ccc(-c2ccc3cc(OC)c(F)c(F)c3c2F)cc1.